The summed E-state index contributed by atoms with van der Waals surface area (Å²) in [5.74, 6) is -0.658. The lowest BCUT2D eigenvalue weighted by Crippen LogP contribution is -2.31. The highest BCUT2D eigenvalue weighted by molar-refractivity contribution is 7.89. The van der Waals surface area contributed by atoms with Crippen molar-refractivity contribution in [3.63, 3.8) is 0 Å². The molecule has 2 aromatic rings. The molecule has 1 aliphatic rings. The van der Waals surface area contributed by atoms with Crippen LogP contribution in [0.25, 0.3) is 0 Å². The maximum atomic E-state index is 14.2. The summed E-state index contributed by atoms with van der Waals surface area (Å²) in [6.07, 6.45) is 0. The summed E-state index contributed by atoms with van der Waals surface area (Å²) in [6.45, 7) is 2.64. The van der Waals surface area contributed by atoms with Crippen molar-refractivity contribution in [3.8, 4) is 0 Å². The van der Waals surface area contributed by atoms with E-state index in [1.54, 1.807) is 13.0 Å². The van der Waals surface area contributed by atoms with Crippen LogP contribution in [0.4, 0.5) is 4.39 Å². The van der Waals surface area contributed by atoms with Crippen molar-refractivity contribution in [2.24, 2.45) is 11.7 Å². The molecule has 0 spiro atoms. The predicted octanol–water partition coefficient (Wildman–Crippen LogP) is 2.92. The topological polar surface area (TPSA) is 63.4 Å². The van der Waals surface area contributed by atoms with Gasteiger partial charge in [0.2, 0.25) is 10.0 Å². The first-order valence-corrected chi connectivity index (χ1v) is 9.39. The second kappa shape index (κ2) is 7.83. The van der Waals surface area contributed by atoms with Gasteiger partial charge in [-0.15, -0.1) is 12.4 Å². The van der Waals surface area contributed by atoms with Gasteiger partial charge in [-0.25, -0.2) is 12.8 Å². The number of nitrogens with two attached hydrogens (primary N) is 1. The molecule has 0 aromatic heterocycles. The van der Waals surface area contributed by atoms with Crippen LogP contribution in [-0.4, -0.2) is 32.4 Å². The third-order valence-corrected chi connectivity index (χ3v) is 6.71. The fraction of sp³-hybridized carbons (Fsp3) is 0.333. The van der Waals surface area contributed by atoms with Crippen molar-refractivity contribution in [1.82, 2.24) is 4.31 Å². The molecular weight excluding hydrogens is 363 g/mol. The Balaban J connectivity index is 0.00000225. The van der Waals surface area contributed by atoms with Crippen molar-refractivity contribution in [2.75, 3.05) is 19.6 Å². The summed E-state index contributed by atoms with van der Waals surface area (Å²) in [4.78, 5) is -0.227. The number of sulfonamides is 1. The van der Waals surface area contributed by atoms with Crippen LogP contribution < -0.4 is 5.73 Å². The minimum absolute atomic E-state index is 0. The quantitative estimate of drug-likeness (QED) is 0.881. The minimum Gasteiger partial charge on any atom is -0.330 e. The molecule has 7 heteroatoms. The first-order chi connectivity index (χ1) is 11.4. The summed E-state index contributed by atoms with van der Waals surface area (Å²) in [6, 6.07) is 14.1. The van der Waals surface area contributed by atoms with E-state index in [9.17, 15) is 12.8 Å². The van der Waals surface area contributed by atoms with Gasteiger partial charge in [-0.2, -0.15) is 4.31 Å². The van der Waals surface area contributed by atoms with Gasteiger partial charge in [0, 0.05) is 19.0 Å². The maximum absolute atomic E-state index is 14.2. The highest BCUT2D eigenvalue weighted by atomic mass is 35.5. The number of hydrogen-bond acceptors (Lipinski definition) is 3. The molecule has 4 nitrogen and oxygen atoms in total. The average Bonchev–Trinajstić information content (AvgIpc) is 3.00. The van der Waals surface area contributed by atoms with E-state index in [0.717, 1.165) is 5.56 Å². The number of halogens is 2. The van der Waals surface area contributed by atoms with Crippen LogP contribution >= 0.6 is 12.4 Å². The first-order valence-electron chi connectivity index (χ1n) is 7.95. The molecule has 2 N–H and O–H groups in total. The summed E-state index contributed by atoms with van der Waals surface area (Å²) < 4.78 is 41.5. The van der Waals surface area contributed by atoms with Crippen LogP contribution in [0.3, 0.4) is 0 Å². The van der Waals surface area contributed by atoms with Gasteiger partial charge in [-0.05, 0) is 36.6 Å². The molecule has 136 valence electrons. The molecule has 3 rings (SSSR count). The fourth-order valence-corrected chi connectivity index (χ4v) is 5.21. The predicted molar refractivity (Wildman–Crippen MR) is 98.9 cm³/mol. The van der Waals surface area contributed by atoms with Crippen molar-refractivity contribution < 1.29 is 12.8 Å². The van der Waals surface area contributed by atoms with Gasteiger partial charge in [-0.3, -0.25) is 0 Å². The summed E-state index contributed by atoms with van der Waals surface area (Å²) >= 11 is 0. The van der Waals surface area contributed by atoms with Gasteiger partial charge < -0.3 is 5.73 Å². The lowest BCUT2D eigenvalue weighted by molar-refractivity contribution is 0.452. The number of hydrogen-bond donors (Lipinski definition) is 1. The Labute approximate surface area is 154 Å². The Bertz CT molecular complexity index is 810. The lowest BCUT2D eigenvalue weighted by atomic mass is 9.89. The van der Waals surface area contributed by atoms with E-state index in [4.69, 9.17) is 5.73 Å². The maximum Gasteiger partial charge on any atom is 0.246 e. The summed E-state index contributed by atoms with van der Waals surface area (Å²) in [7, 11) is -3.88. The van der Waals surface area contributed by atoms with Crippen LogP contribution in [0.2, 0.25) is 0 Å². The van der Waals surface area contributed by atoms with Crippen LogP contribution in [0.15, 0.2) is 53.4 Å². The second-order valence-corrected chi connectivity index (χ2v) is 8.10. The largest absolute Gasteiger partial charge is 0.330 e. The molecule has 1 aliphatic heterocycles. The molecule has 0 radical (unpaired) electrons. The van der Waals surface area contributed by atoms with Gasteiger partial charge >= 0.3 is 0 Å². The normalized spacial score (nSPS) is 21.1. The third-order valence-electron chi connectivity index (χ3n) is 4.70. The van der Waals surface area contributed by atoms with Crippen LogP contribution in [0.5, 0.6) is 0 Å². The fourth-order valence-electron chi connectivity index (χ4n) is 3.42. The third kappa shape index (κ3) is 3.72. The number of aryl methyl sites for hydroxylation is 1. The van der Waals surface area contributed by atoms with E-state index >= 15 is 0 Å². The standard InChI is InChI=1S/C18H21FN2O2S.ClH/c1-13-6-5-9-17(19)18(13)24(22,23)21-11-15(10-20)16(12-21)14-7-3-2-4-8-14;/h2-9,15-16H,10-12,20H2,1H3;1H/t15-,16+;/m1./s1. The van der Waals surface area contributed by atoms with E-state index in [0.29, 0.717) is 25.2 Å². The molecule has 25 heavy (non-hydrogen) atoms. The van der Waals surface area contributed by atoms with Crippen LogP contribution in [-0.2, 0) is 10.0 Å². The average molecular weight is 385 g/mol. The van der Waals surface area contributed by atoms with Crippen molar-refractivity contribution in [3.05, 3.63) is 65.5 Å². The SMILES string of the molecule is Cc1cccc(F)c1S(=O)(=O)N1C[C@@H](CN)[C@H](c2ccccc2)C1.Cl. The molecule has 0 unspecified atom stereocenters. The minimum atomic E-state index is -3.88. The summed E-state index contributed by atoms with van der Waals surface area (Å²) in [5, 5.41) is 0. The molecule has 0 saturated carbocycles. The molecule has 1 fully saturated rings. The Morgan fingerprint density at radius 3 is 2.40 bits per heavy atom. The second-order valence-electron chi connectivity index (χ2n) is 6.22. The highest BCUT2D eigenvalue weighted by Gasteiger charge is 2.40. The molecule has 0 amide bonds. The van der Waals surface area contributed by atoms with Crippen LogP contribution in [0.1, 0.15) is 17.0 Å². The van der Waals surface area contributed by atoms with Gasteiger partial charge in [0.05, 0.1) is 0 Å². The number of nitrogens with zero attached hydrogens (tertiary/aromatic N) is 1. The monoisotopic (exact) mass is 384 g/mol. The van der Waals surface area contributed by atoms with Crippen molar-refractivity contribution in [2.45, 2.75) is 17.7 Å². The molecule has 1 heterocycles. The Hall–Kier alpha value is -1.47. The first kappa shape index (κ1) is 19.8. The van der Waals surface area contributed by atoms with Crippen molar-refractivity contribution >= 4 is 22.4 Å². The van der Waals surface area contributed by atoms with E-state index < -0.39 is 15.8 Å². The van der Waals surface area contributed by atoms with Crippen molar-refractivity contribution in [1.29, 1.82) is 0 Å². The molecule has 2 atom stereocenters. The zero-order chi connectivity index (χ0) is 17.3. The van der Waals surface area contributed by atoms with E-state index in [1.807, 2.05) is 30.3 Å². The van der Waals surface area contributed by atoms with Gasteiger partial charge in [0.1, 0.15) is 10.7 Å². The number of rotatable bonds is 4. The van der Waals surface area contributed by atoms with Gasteiger partial charge in [0.15, 0.2) is 0 Å². The molecule has 1 saturated heterocycles. The van der Waals surface area contributed by atoms with E-state index in [2.05, 4.69) is 0 Å². The zero-order valence-electron chi connectivity index (χ0n) is 13.9. The van der Waals surface area contributed by atoms with E-state index in [-0.39, 0.29) is 29.1 Å². The lowest BCUT2D eigenvalue weighted by Gasteiger charge is -2.18. The zero-order valence-corrected chi connectivity index (χ0v) is 15.6. The highest BCUT2D eigenvalue weighted by Crippen LogP contribution is 2.36. The summed E-state index contributed by atoms with van der Waals surface area (Å²) in [5.41, 5.74) is 7.35. The number of benzene rings is 2. The van der Waals surface area contributed by atoms with Gasteiger partial charge in [-0.1, -0.05) is 42.5 Å². The molecular formula is C18H22ClFN2O2S. The van der Waals surface area contributed by atoms with Gasteiger partial charge in [0.25, 0.3) is 0 Å². The smallest absolute Gasteiger partial charge is 0.246 e. The Morgan fingerprint density at radius 2 is 1.80 bits per heavy atom. The van der Waals surface area contributed by atoms with E-state index in [1.165, 1.54) is 16.4 Å². The Morgan fingerprint density at radius 1 is 1.12 bits per heavy atom. The Kier molecular flexibility index (Phi) is 6.21. The molecule has 2 aromatic carbocycles. The molecule has 0 aliphatic carbocycles. The molecule has 0 bridgehead atoms. The van der Waals surface area contributed by atoms with Crippen LogP contribution in [0, 0.1) is 18.7 Å².